The number of aliphatic hydroxyl groups is 1. The summed E-state index contributed by atoms with van der Waals surface area (Å²) < 4.78 is 40.4. The average molecular weight is 811 g/mol. The van der Waals surface area contributed by atoms with Gasteiger partial charge in [-0.05, 0) is 76.3 Å². The number of furan rings is 1. The second kappa shape index (κ2) is 30.5. The van der Waals surface area contributed by atoms with E-state index in [0.717, 1.165) is 101 Å². The molecule has 2 N–H and O–H groups in total. The van der Waals surface area contributed by atoms with Crippen LogP contribution in [0.15, 0.2) is 40.9 Å². The number of unbranched alkanes of at least 4 members (excludes halogenated alkanes) is 10. The molecule has 0 fully saturated rings. The first-order valence-electron chi connectivity index (χ1n) is 21.2. The lowest BCUT2D eigenvalue weighted by molar-refractivity contribution is -0.870. The van der Waals surface area contributed by atoms with Gasteiger partial charge in [0.15, 0.2) is 6.10 Å². The van der Waals surface area contributed by atoms with Crippen molar-refractivity contribution >= 4 is 19.8 Å². The van der Waals surface area contributed by atoms with Gasteiger partial charge in [0.1, 0.15) is 31.3 Å². The highest BCUT2D eigenvalue weighted by atomic mass is 31.2. The molecule has 0 aliphatic rings. The van der Waals surface area contributed by atoms with Gasteiger partial charge < -0.3 is 28.4 Å². The van der Waals surface area contributed by atoms with Crippen molar-refractivity contribution in [3.63, 3.8) is 0 Å². The lowest BCUT2D eigenvalue weighted by Gasteiger charge is -2.24. The number of hydrogen-bond donors (Lipinski definition) is 2. The number of phosphoric ester groups is 1. The molecular weight excluding hydrogens is 733 g/mol. The number of nitrogens with zero attached hydrogens (tertiary/aromatic N) is 1. The summed E-state index contributed by atoms with van der Waals surface area (Å²) in [5, 5.41) is 9.89. The van der Waals surface area contributed by atoms with Gasteiger partial charge in [-0.25, -0.2) is 4.57 Å². The maximum atomic E-state index is 12.7. The van der Waals surface area contributed by atoms with Gasteiger partial charge in [-0.3, -0.25) is 18.6 Å². The van der Waals surface area contributed by atoms with Gasteiger partial charge in [-0.1, -0.05) is 95.2 Å². The summed E-state index contributed by atoms with van der Waals surface area (Å²) in [4.78, 5) is 35.4. The molecule has 1 heterocycles. The van der Waals surface area contributed by atoms with Crippen molar-refractivity contribution in [3.8, 4) is 0 Å². The van der Waals surface area contributed by atoms with Crippen molar-refractivity contribution in [3.05, 3.63) is 59.1 Å². The van der Waals surface area contributed by atoms with Crippen LogP contribution in [0.3, 0.4) is 0 Å². The molecule has 11 nitrogen and oxygen atoms in total. The SMILES string of the molecule is CC/C=C/CC(O)/C=C/C=C/CCCCCCCC(=O)O[C@H](COC(=O)CCCCCCCCc1oc(CCC)c(C)c1C)COP(=O)(O)OCC[N+](C)(C)C. The molecule has 0 saturated carbocycles. The monoisotopic (exact) mass is 811 g/mol. The third-order valence-electron chi connectivity index (χ3n) is 9.44. The molecule has 0 amide bonds. The van der Waals surface area contributed by atoms with E-state index >= 15 is 0 Å². The van der Waals surface area contributed by atoms with Crippen molar-refractivity contribution in [1.82, 2.24) is 0 Å². The number of carbonyl (C=O) groups is 2. The molecule has 0 aliphatic carbocycles. The summed E-state index contributed by atoms with van der Waals surface area (Å²) in [5.74, 6) is 1.34. The molecule has 1 aromatic heterocycles. The Morgan fingerprint density at radius 1 is 0.768 bits per heavy atom. The van der Waals surface area contributed by atoms with E-state index in [-0.39, 0.29) is 26.1 Å². The molecule has 0 saturated heterocycles. The molecule has 12 heteroatoms. The third-order valence-corrected chi connectivity index (χ3v) is 10.4. The molecule has 2 unspecified atom stereocenters. The lowest BCUT2D eigenvalue weighted by Crippen LogP contribution is -2.37. The number of ether oxygens (including phenoxy) is 2. The Labute approximate surface area is 339 Å². The van der Waals surface area contributed by atoms with Gasteiger partial charge in [0.25, 0.3) is 0 Å². The van der Waals surface area contributed by atoms with Crippen LogP contribution in [-0.2, 0) is 45.5 Å². The molecule has 0 aliphatic heterocycles. The number of rotatable bonds is 34. The Kier molecular flexibility index (Phi) is 28.1. The molecule has 1 aromatic rings. The zero-order chi connectivity index (χ0) is 41.7. The largest absolute Gasteiger partial charge is 0.472 e. The van der Waals surface area contributed by atoms with Gasteiger partial charge in [0.2, 0.25) is 0 Å². The molecule has 0 radical (unpaired) electrons. The van der Waals surface area contributed by atoms with Crippen LogP contribution in [0, 0.1) is 13.8 Å². The molecule has 0 bridgehead atoms. The van der Waals surface area contributed by atoms with Crippen molar-refractivity contribution < 1.29 is 51.6 Å². The summed E-state index contributed by atoms with van der Waals surface area (Å²) in [5.41, 5.74) is 2.57. The van der Waals surface area contributed by atoms with E-state index in [1.807, 2.05) is 45.4 Å². The Morgan fingerprint density at radius 2 is 1.38 bits per heavy atom. The highest BCUT2D eigenvalue weighted by molar-refractivity contribution is 7.47. The number of aryl methyl sites for hydroxylation is 2. The Morgan fingerprint density at radius 3 is 2.02 bits per heavy atom. The van der Waals surface area contributed by atoms with Gasteiger partial charge in [-0.2, -0.15) is 0 Å². The van der Waals surface area contributed by atoms with Gasteiger partial charge in [-0.15, -0.1) is 0 Å². The van der Waals surface area contributed by atoms with Crippen molar-refractivity contribution in [2.24, 2.45) is 0 Å². The predicted molar refractivity (Wildman–Crippen MR) is 224 cm³/mol. The van der Waals surface area contributed by atoms with E-state index in [4.69, 9.17) is 22.9 Å². The van der Waals surface area contributed by atoms with Crippen molar-refractivity contribution in [1.29, 1.82) is 0 Å². The highest BCUT2D eigenvalue weighted by Crippen LogP contribution is 2.43. The minimum atomic E-state index is -4.41. The molecule has 0 spiro atoms. The van der Waals surface area contributed by atoms with Crippen LogP contribution < -0.4 is 0 Å². The third kappa shape index (κ3) is 27.2. The van der Waals surface area contributed by atoms with Crippen LogP contribution in [0.1, 0.15) is 146 Å². The second-order valence-electron chi connectivity index (χ2n) is 15.8. The molecule has 1 rings (SSSR count). The van der Waals surface area contributed by atoms with E-state index < -0.39 is 38.6 Å². The fraction of sp³-hybridized carbons (Fsp3) is 0.727. The van der Waals surface area contributed by atoms with Crippen molar-refractivity contribution in [2.75, 3.05) is 47.5 Å². The maximum Gasteiger partial charge on any atom is 0.472 e. The van der Waals surface area contributed by atoms with E-state index in [9.17, 15) is 24.2 Å². The van der Waals surface area contributed by atoms with Gasteiger partial charge in [0.05, 0.1) is 33.9 Å². The molecular formula is C44H77NO10P+. The fourth-order valence-electron chi connectivity index (χ4n) is 5.86. The first-order chi connectivity index (χ1) is 26.7. The summed E-state index contributed by atoms with van der Waals surface area (Å²) in [6, 6.07) is 0. The van der Waals surface area contributed by atoms with Crippen LogP contribution in [0.2, 0.25) is 0 Å². The number of allylic oxidation sites excluding steroid dienone is 4. The number of hydrogen-bond acceptors (Lipinski definition) is 9. The summed E-state index contributed by atoms with van der Waals surface area (Å²) >= 11 is 0. The van der Waals surface area contributed by atoms with Crippen LogP contribution in [0.25, 0.3) is 0 Å². The summed E-state index contributed by atoms with van der Waals surface area (Å²) in [6.07, 6.45) is 26.7. The fourth-order valence-corrected chi connectivity index (χ4v) is 6.60. The second-order valence-corrected chi connectivity index (χ2v) is 17.2. The smallest absolute Gasteiger partial charge is 0.466 e. The van der Waals surface area contributed by atoms with Crippen molar-refractivity contribution in [2.45, 2.75) is 162 Å². The Bertz CT molecular complexity index is 1350. The maximum absolute atomic E-state index is 12.7. The zero-order valence-corrected chi connectivity index (χ0v) is 36.8. The first-order valence-corrected chi connectivity index (χ1v) is 22.7. The minimum Gasteiger partial charge on any atom is -0.466 e. The van der Waals surface area contributed by atoms with E-state index in [2.05, 4.69) is 33.8 Å². The number of likely N-dealkylation sites (N-methyl/N-ethyl adjacent to an activating group) is 1. The van der Waals surface area contributed by atoms with Crippen LogP contribution in [0.4, 0.5) is 0 Å². The topological polar surface area (TPSA) is 142 Å². The number of quaternary nitrogens is 1. The van der Waals surface area contributed by atoms with E-state index in [1.165, 1.54) is 11.1 Å². The first kappa shape index (κ1) is 51.5. The quantitative estimate of drug-likeness (QED) is 0.0173. The lowest BCUT2D eigenvalue weighted by atomic mass is 10.0. The van der Waals surface area contributed by atoms with Gasteiger partial charge >= 0.3 is 19.8 Å². The Hall–Kier alpha value is -2.53. The molecule has 3 atom stereocenters. The number of carbonyl (C=O) groups excluding carboxylic acids is 2. The van der Waals surface area contributed by atoms with E-state index in [1.54, 1.807) is 6.08 Å². The number of esters is 2. The minimum absolute atomic E-state index is 0.00856. The van der Waals surface area contributed by atoms with Crippen LogP contribution in [0.5, 0.6) is 0 Å². The van der Waals surface area contributed by atoms with E-state index in [0.29, 0.717) is 30.3 Å². The number of aliphatic hydroxyl groups excluding tert-OH is 1. The van der Waals surface area contributed by atoms with Gasteiger partial charge in [0, 0.05) is 25.7 Å². The molecule has 56 heavy (non-hydrogen) atoms. The highest BCUT2D eigenvalue weighted by Gasteiger charge is 2.27. The average Bonchev–Trinajstić information content (AvgIpc) is 3.40. The molecule has 322 valence electrons. The predicted octanol–water partition coefficient (Wildman–Crippen LogP) is 9.98. The van der Waals surface area contributed by atoms with Crippen LogP contribution >= 0.6 is 7.82 Å². The summed E-state index contributed by atoms with van der Waals surface area (Å²) in [7, 11) is 1.40. The normalized spacial score (nSPS) is 14.5. The zero-order valence-electron chi connectivity index (χ0n) is 35.9. The summed E-state index contributed by atoms with van der Waals surface area (Å²) in [6.45, 7) is 8.31. The standard InChI is InChI=1S/C44H76NO10P/c1-8-10-22-28-39(46)29-23-18-14-12-11-13-15-21-26-32-44(48)54-40(36-53-56(49,50)52-34-33-45(5,6)7)35-51-43(47)31-25-20-17-16-19-24-30-42-38(4)37(3)41(55-42)27-9-2/h10,14,18,22-23,29,39-40,46H,8-9,11-13,15-17,19-21,24-28,30-36H2,1-7H3/p+1/b18-14+,22-10+,29-23+/t39?,40-/m1/s1. The number of phosphoric acid groups is 1. The van der Waals surface area contributed by atoms with Crippen LogP contribution in [-0.4, -0.2) is 86.1 Å². The molecule has 0 aromatic carbocycles. The Balaban J connectivity index is 2.41.